The molecule has 7 nitrogen and oxygen atoms in total. The van der Waals surface area contributed by atoms with E-state index in [1.165, 1.54) is 35.6 Å². The summed E-state index contributed by atoms with van der Waals surface area (Å²) in [6, 6.07) is 9.44. The normalized spacial score (nSPS) is 13.2. The summed E-state index contributed by atoms with van der Waals surface area (Å²) in [6.45, 7) is 8.69. The first-order valence-corrected chi connectivity index (χ1v) is 10.4. The van der Waals surface area contributed by atoms with Gasteiger partial charge in [0, 0.05) is 41.1 Å². The monoisotopic (exact) mass is 427 g/mol. The van der Waals surface area contributed by atoms with E-state index in [0.717, 1.165) is 5.56 Å². The van der Waals surface area contributed by atoms with Crippen molar-refractivity contribution >= 4 is 49.7 Å². The number of fused-ring (bicyclic) bond motifs is 2. The summed E-state index contributed by atoms with van der Waals surface area (Å²) in [7, 11) is -3.99. The highest BCUT2D eigenvalue weighted by molar-refractivity contribution is 7.93. The second-order valence-electron chi connectivity index (χ2n) is 6.46. The van der Waals surface area contributed by atoms with E-state index in [-0.39, 0.29) is 22.3 Å². The molecule has 0 aliphatic carbocycles. The van der Waals surface area contributed by atoms with Crippen LogP contribution in [0.3, 0.4) is 0 Å². The maximum absolute atomic E-state index is 13.6. The van der Waals surface area contributed by atoms with E-state index in [9.17, 15) is 13.2 Å². The van der Waals surface area contributed by atoms with Crippen LogP contribution < -0.4 is 9.04 Å². The van der Waals surface area contributed by atoms with Gasteiger partial charge in [0.25, 0.3) is 10.0 Å². The molecule has 9 heteroatoms. The van der Waals surface area contributed by atoms with E-state index in [2.05, 4.69) is 9.83 Å². The lowest BCUT2D eigenvalue weighted by atomic mass is 10.1. The van der Waals surface area contributed by atoms with Crippen molar-refractivity contribution in [3.05, 3.63) is 64.6 Å². The summed E-state index contributed by atoms with van der Waals surface area (Å²) < 4.78 is 33.5. The first-order chi connectivity index (χ1) is 13.8. The number of anilines is 1. The Morgan fingerprint density at radius 3 is 2.76 bits per heavy atom. The Morgan fingerprint density at radius 1 is 1.24 bits per heavy atom. The van der Waals surface area contributed by atoms with Crippen LogP contribution in [0.5, 0.6) is 5.88 Å². The SMILES string of the molecule is [C-]#[N+]c1ccc2c(c1)N(S(=O)(=O)c1cc(Cl)cc3c(OC(C)=O)nccc13)CC2. The Hall–Kier alpha value is -3.15. The van der Waals surface area contributed by atoms with Crippen molar-refractivity contribution in [2.45, 2.75) is 18.2 Å². The third kappa shape index (κ3) is 3.28. The van der Waals surface area contributed by atoms with Gasteiger partial charge in [-0.05, 0) is 36.2 Å². The molecule has 0 atom stereocenters. The van der Waals surface area contributed by atoms with Gasteiger partial charge in [-0.2, -0.15) is 0 Å². The average Bonchev–Trinajstić information content (AvgIpc) is 3.11. The minimum Gasteiger partial charge on any atom is -0.407 e. The molecule has 0 spiro atoms. The Morgan fingerprint density at radius 2 is 2.03 bits per heavy atom. The third-order valence-corrected chi connectivity index (χ3v) is 6.70. The van der Waals surface area contributed by atoms with Gasteiger partial charge in [0.05, 0.1) is 11.5 Å². The number of sulfonamides is 1. The molecule has 146 valence electrons. The van der Waals surface area contributed by atoms with E-state index < -0.39 is 16.0 Å². The van der Waals surface area contributed by atoms with Gasteiger partial charge >= 0.3 is 5.97 Å². The molecule has 1 aliphatic rings. The molecule has 2 heterocycles. The van der Waals surface area contributed by atoms with E-state index in [1.807, 2.05) is 0 Å². The summed E-state index contributed by atoms with van der Waals surface area (Å²) in [5.41, 5.74) is 1.71. The predicted molar refractivity (Wildman–Crippen MR) is 109 cm³/mol. The molecule has 0 saturated carbocycles. The lowest BCUT2D eigenvalue weighted by molar-refractivity contribution is -0.132. The minimum absolute atomic E-state index is 0.00827. The highest BCUT2D eigenvalue weighted by Gasteiger charge is 2.33. The summed E-state index contributed by atoms with van der Waals surface area (Å²) in [5.74, 6) is -0.583. The maximum atomic E-state index is 13.6. The van der Waals surface area contributed by atoms with Crippen molar-refractivity contribution in [3.8, 4) is 5.88 Å². The van der Waals surface area contributed by atoms with Crippen LogP contribution in [0.15, 0.2) is 47.5 Å². The van der Waals surface area contributed by atoms with Crippen molar-refractivity contribution in [1.82, 2.24) is 4.98 Å². The molecule has 1 aromatic heterocycles. The molecule has 29 heavy (non-hydrogen) atoms. The number of hydrogen-bond donors (Lipinski definition) is 0. The van der Waals surface area contributed by atoms with Crippen LogP contribution in [-0.2, 0) is 21.2 Å². The number of carbonyl (C=O) groups is 1. The zero-order valence-electron chi connectivity index (χ0n) is 15.2. The van der Waals surface area contributed by atoms with Gasteiger partial charge in [0.15, 0.2) is 5.69 Å². The largest absolute Gasteiger partial charge is 0.407 e. The van der Waals surface area contributed by atoms with Crippen LogP contribution in [-0.4, -0.2) is 25.9 Å². The first-order valence-electron chi connectivity index (χ1n) is 8.61. The number of hydrogen-bond acceptors (Lipinski definition) is 5. The lowest BCUT2D eigenvalue weighted by Gasteiger charge is -2.21. The molecule has 0 N–H and O–H groups in total. The van der Waals surface area contributed by atoms with Gasteiger partial charge in [0.2, 0.25) is 5.88 Å². The molecule has 0 saturated heterocycles. The smallest absolute Gasteiger partial charge is 0.309 e. The predicted octanol–water partition coefficient (Wildman–Crippen LogP) is 4.12. The topological polar surface area (TPSA) is 80.9 Å². The molecule has 0 bridgehead atoms. The molecule has 0 amide bonds. The van der Waals surface area contributed by atoms with Gasteiger partial charge < -0.3 is 4.74 Å². The Bertz CT molecular complexity index is 1320. The molecular formula is C20H14ClN3O4S. The van der Waals surface area contributed by atoms with E-state index in [1.54, 1.807) is 18.2 Å². The number of esters is 1. The van der Waals surface area contributed by atoms with Crippen molar-refractivity contribution in [2.75, 3.05) is 10.8 Å². The number of carbonyl (C=O) groups excluding carboxylic acids is 1. The first kappa shape index (κ1) is 19.2. The van der Waals surface area contributed by atoms with Crippen molar-refractivity contribution < 1.29 is 17.9 Å². The molecular weight excluding hydrogens is 414 g/mol. The average molecular weight is 428 g/mol. The highest BCUT2D eigenvalue weighted by atomic mass is 35.5. The number of ether oxygens (including phenoxy) is 1. The molecule has 4 rings (SSSR count). The lowest BCUT2D eigenvalue weighted by Crippen LogP contribution is -2.29. The van der Waals surface area contributed by atoms with E-state index in [4.69, 9.17) is 22.9 Å². The Balaban J connectivity index is 1.92. The molecule has 0 unspecified atom stereocenters. The van der Waals surface area contributed by atoms with Crippen molar-refractivity contribution in [3.63, 3.8) is 0 Å². The molecule has 2 aromatic carbocycles. The fourth-order valence-corrected chi connectivity index (χ4v) is 5.41. The number of aromatic nitrogens is 1. The van der Waals surface area contributed by atoms with Crippen LogP contribution in [0, 0.1) is 6.57 Å². The highest BCUT2D eigenvalue weighted by Crippen LogP contribution is 2.39. The Kier molecular flexibility index (Phi) is 4.65. The minimum atomic E-state index is -3.99. The zero-order chi connectivity index (χ0) is 20.8. The van der Waals surface area contributed by atoms with Gasteiger partial charge in [-0.25, -0.2) is 18.2 Å². The van der Waals surface area contributed by atoms with Crippen LogP contribution in [0.25, 0.3) is 15.6 Å². The van der Waals surface area contributed by atoms with E-state index in [0.29, 0.717) is 28.6 Å². The number of benzene rings is 2. The number of nitrogens with zero attached hydrogens (tertiary/aromatic N) is 3. The quantitative estimate of drug-likeness (QED) is 0.464. The second-order valence-corrected chi connectivity index (χ2v) is 8.73. The maximum Gasteiger partial charge on any atom is 0.309 e. The van der Waals surface area contributed by atoms with Crippen LogP contribution >= 0.6 is 11.6 Å². The standard InChI is InChI=1S/C20H14ClN3O4S/c1-12(25)28-20-17-9-14(21)10-19(16(17)5-7-23-20)29(26,27)24-8-6-13-3-4-15(22-2)11-18(13)24/h3-5,7,9-11H,6,8H2,1H3. The summed E-state index contributed by atoms with van der Waals surface area (Å²) in [4.78, 5) is 18.8. The van der Waals surface area contributed by atoms with Crippen LogP contribution in [0.4, 0.5) is 11.4 Å². The Labute approximate surface area is 172 Å². The second kappa shape index (κ2) is 7.03. The summed E-state index contributed by atoms with van der Waals surface area (Å²) in [5, 5.41) is 0.838. The van der Waals surface area contributed by atoms with Crippen LogP contribution in [0.1, 0.15) is 12.5 Å². The van der Waals surface area contributed by atoms with Gasteiger partial charge in [-0.1, -0.05) is 23.7 Å². The van der Waals surface area contributed by atoms with E-state index >= 15 is 0 Å². The van der Waals surface area contributed by atoms with Crippen molar-refractivity contribution in [1.29, 1.82) is 0 Å². The summed E-state index contributed by atoms with van der Waals surface area (Å²) >= 11 is 6.20. The van der Waals surface area contributed by atoms with Crippen LogP contribution in [0.2, 0.25) is 5.02 Å². The number of halogens is 1. The van der Waals surface area contributed by atoms with Gasteiger partial charge in [-0.3, -0.25) is 9.10 Å². The molecule has 3 aromatic rings. The van der Waals surface area contributed by atoms with Crippen molar-refractivity contribution in [2.24, 2.45) is 0 Å². The molecule has 0 fully saturated rings. The van der Waals surface area contributed by atoms with Gasteiger partial charge in [0.1, 0.15) is 0 Å². The zero-order valence-corrected chi connectivity index (χ0v) is 16.8. The van der Waals surface area contributed by atoms with Gasteiger partial charge in [-0.15, -0.1) is 0 Å². The fraction of sp³-hybridized carbons (Fsp3) is 0.150. The summed E-state index contributed by atoms with van der Waals surface area (Å²) in [6.07, 6.45) is 1.92. The third-order valence-electron chi connectivity index (χ3n) is 4.63. The molecule has 0 radical (unpaired) electrons. The number of pyridine rings is 1. The number of rotatable bonds is 3. The molecule has 1 aliphatic heterocycles. The fourth-order valence-electron chi connectivity index (χ4n) is 3.40.